The van der Waals surface area contributed by atoms with Crippen molar-refractivity contribution in [2.45, 2.75) is 70.3 Å². The van der Waals surface area contributed by atoms with Gasteiger partial charge in [-0.1, -0.05) is 25.5 Å². The topological polar surface area (TPSA) is 71.7 Å². The Hall–Kier alpha value is -3.19. The van der Waals surface area contributed by atoms with E-state index in [1.165, 1.54) is 56.1 Å². The van der Waals surface area contributed by atoms with Gasteiger partial charge in [-0.3, -0.25) is 14.3 Å². The highest BCUT2D eigenvalue weighted by Crippen LogP contribution is 2.44. The Balaban J connectivity index is 1.29. The number of pyridine rings is 1. The average molecular weight is 511 g/mol. The lowest BCUT2D eigenvalue weighted by atomic mass is 9.72. The molecule has 198 valence electrons. The highest BCUT2D eigenvalue weighted by molar-refractivity contribution is 5.84. The Kier molecular flexibility index (Phi) is 5.99. The Morgan fingerprint density at radius 1 is 1.11 bits per heavy atom. The smallest absolute Gasteiger partial charge is 0.279 e. The van der Waals surface area contributed by atoms with Crippen LogP contribution in [0.2, 0.25) is 0 Å². The summed E-state index contributed by atoms with van der Waals surface area (Å²) in [5.41, 5.74) is 5.41. The van der Waals surface area contributed by atoms with Gasteiger partial charge in [-0.15, -0.1) is 10.2 Å². The molecule has 38 heavy (non-hydrogen) atoms. The molecule has 2 saturated carbocycles. The normalized spacial score (nSPS) is 21.6. The van der Waals surface area contributed by atoms with Crippen LogP contribution in [0, 0.1) is 11.8 Å². The first-order valence-electron chi connectivity index (χ1n) is 14.5. The molecule has 3 aliphatic rings. The predicted octanol–water partition coefficient (Wildman–Crippen LogP) is 5.49. The van der Waals surface area contributed by atoms with Crippen molar-refractivity contribution in [2.75, 3.05) is 13.1 Å². The minimum atomic E-state index is 0.0404. The van der Waals surface area contributed by atoms with Crippen LogP contribution in [0.25, 0.3) is 16.6 Å². The van der Waals surface area contributed by atoms with E-state index in [9.17, 15) is 4.79 Å². The number of fused-ring (bicyclic) bond motifs is 1. The lowest BCUT2D eigenvalue weighted by Gasteiger charge is -2.33. The third-order valence-corrected chi connectivity index (χ3v) is 9.19. The van der Waals surface area contributed by atoms with Gasteiger partial charge in [0.2, 0.25) is 0 Å². The molecule has 0 radical (unpaired) electrons. The molecule has 1 saturated heterocycles. The quantitative estimate of drug-likeness (QED) is 0.357. The van der Waals surface area contributed by atoms with E-state index in [1.54, 1.807) is 6.33 Å². The van der Waals surface area contributed by atoms with Gasteiger partial charge in [-0.05, 0) is 92.1 Å². The van der Waals surface area contributed by atoms with Crippen LogP contribution >= 0.6 is 0 Å². The number of aryl methyl sites for hydroxylation is 1. The van der Waals surface area contributed by atoms with E-state index < -0.39 is 0 Å². The van der Waals surface area contributed by atoms with Crippen LogP contribution in [-0.2, 0) is 13.6 Å². The lowest BCUT2D eigenvalue weighted by molar-refractivity contribution is 0.175. The fourth-order valence-electron chi connectivity index (χ4n) is 6.81. The molecule has 2 atom stereocenters. The lowest BCUT2D eigenvalue weighted by Crippen LogP contribution is -2.33. The fraction of sp³-hybridized carbons (Fsp3) is 0.516. The summed E-state index contributed by atoms with van der Waals surface area (Å²) in [5, 5.41) is 9.79. The molecule has 3 aromatic heterocycles. The molecule has 7 heteroatoms. The Morgan fingerprint density at radius 3 is 2.68 bits per heavy atom. The molecule has 2 aliphatic carbocycles. The van der Waals surface area contributed by atoms with Crippen LogP contribution in [0.4, 0.5) is 0 Å². The van der Waals surface area contributed by atoms with Crippen molar-refractivity contribution in [1.82, 2.24) is 29.2 Å². The molecular weight excluding hydrogens is 472 g/mol. The summed E-state index contributed by atoms with van der Waals surface area (Å²) in [7, 11) is 2.03. The zero-order valence-electron chi connectivity index (χ0n) is 22.6. The van der Waals surface area contributed by atoms with Crippen molar-refractivity contribution < 1.29 is 0 Å². The van der Waals surface area contributed by atoms with Gasteiger partial charge in [0.15, 0.2) is 0 Å². The number of hydrogen-bond acceptors (Lipinski definition) is 4. The van der Waals surface area contributed by atoms with Gasteiger partial charge in [0.25, 0.3) is 5.56 Å². The maximum Gasteiger partial charge on any atom is 0.279 e. The summed E-state index contributed by atoms with van der Waals surface area (Å²) in [6, 6.07) is 10.8. The summed E-state index contributed by atoms with van der Waals surface area (Å²) in [4.78, 5) is 20.0. The summed E-state index contributed by atoms with van der Waals surface area (Å²) in [5.74, 6) is 3.06. The summed E-state index contributed by atoms with van der Waals surface area (Å²) >= 11 is 0. The monoisotopic (exact) mass is 510 g/mol. The second-order valence-electron chi connectivity index (χ2n) is 12.2. The molecule has 0 spiro atoms. The van der Waals surface area contributed by atoms with E-state index in [0.717, 1.165) is 53.7 Å². The molecule has 1 aromatic carbocycles. The molecule has 1 N–H and O–H groups in total. The summed E-state index contributed by atoms with van der Waals surface area (Å²) < 4.78 is 3.93. The van der Waals surface area contributed by atoms with Crippen molar-refractivity contribution in [1.29, 1.82) is 0 Å². The molecule has 7 nitrogen and oxygen atoms in total. The van der Waals surface area contributed by atoms with E-state index >= 15 is 0 Å². The number of aromatic nitrogens is 5. The van der Waals surface area contributed by atoms with Crippen molar-refractivity contribution in [3.63, 3.8) is 0 Å². The van der Waals surface area contributed by atoms with Gasteiger partial charge in [0, 0.05) is 49.0 Å². The number of likely N-dealkylation sites (tertiary alicyclic amines) is 1. The Morgan fingerprint density at radius 2 is 1.97 bits per heavy atom. The molecular formula is C31H38N6O. The maximum atomic E-state index is 13.9. The van der Waals surface area contributed by atoms with Crippen LogP contribution in [0.5, 0.6) is 0 Å². The van der Waals surface area contributed by atoms with Gasteiger partial charge in [-0.2, -0.15) is 0 Å². The van der Waals surface area contributed by atoms with Gasteiger partial charge < -0.3 is 9.55 Å². The second-order valence-corrected chi connectivity index (χ2v) is 12.2. The number of benzene rings is 1. The van der Waals surface area contributed by atoms with Gasteiger partial charge in [-0.25, -0.2) is 0 Å². The largest absolute Gasteiger partial charge is 0.353 e. The van der Waals surface area contributed by atoms with E-state index in [1.807, 2.05) is 16.2 Å². The first-order chi connectivity index (χ1) is 18.5. The van der Waals surface area contributed by atoms with Crippen molar-refractivity contribution in [3.8, 4) is 5.69 Å². The molecule has 4 heterocycles. The molecule has 0 bridgehead atoms. The van der Waals surface area contributed by atoms with Crippen molar-refractivity contribution in [2.24, 2.45) is 18.9 Å². The maximum absolute atomic E-state index is 13.9. The number of nitrogens with zero attached hydrogens (tertiary/aromatic N) is 5. The molecule has 0 amide bonds. The highest BCUT2D eigenvalue weighted by atomic mass is 16.1. The third-order valence-electron chi connectivity index (χ3n) is 9.19. The zero-order valence-corrected chi connectivity index (χ0v) is 22.6. The van der Waals surface area contributed by atoms with Crippen molar-refractivity contribution >= 4 is 10.9 Å². The number of H-pyrrole nitrogens is 1. The number of nitrogens with one attached hydrogen (secondary N) is 1. The minimum Gasteiger partial charge on any atom is -0.353 e. The standard InChI is InChI=1S/C31H38N6O/c1-20-6-5-13-36(16-20)17-24-15-26-27(21-11-12-21)18-37(31(38)29(26)33-24)25-10-4-9-23(14-25)28(22-7-3-8-22)30-34-32-19-35(30)2/h4,9-10,14-15,18-22,28,33H,3,5-8,11-13,16-17H2,1-2H3/t20-,28+/m0/s1. The minimum absolute atomic E-state index is 0.0404. The summed E-state index contributed by atoms with van der Waals surface area (Å²) in [6.07, 6.45) is 12.6. The number of piperidine rings is 1. The number of rotatable bonds is 7. The van der Waals surface area contributed by atoms with E-state index in [0.29, 0.717) is 11.8 Å². The van der Waals surface area contributed by atoms with Crippen LogP contribution < -0.4 is 5.56 Å². The first kappa shape index (κ1) is 23.9. The van der Waals surface area contributed by atoms with Crippen LogP contribution in [0.3, 0.4) is 0 Å². The predicted molar refractivity (Wildman–Crippen MR) is 150 cm³/mol. The summed E-state index contributed by atoms with van der Waals surface area (Å²) in [6.45, 7) is 5.50. The van der Waals surface area contributed by atoms with Crippen molar-refractivity contribution in [3.05, 3.63) is 75.9 Å². The first-order valence-corrected chi connectivity index (χ1v) is 14.5. The molecule has 0 unspecified atom stereocenters. The average Bonchev–Trinajstić information content (AvgIpc) is 3.50. The van der Waals surface area contributed by atoms with Crippen LogP contribution in [0.1, 0.15) is 86.4 Å². The van der Waals surface area contributed by atoms with Gasteiger partial charge in [0.1, 0.15) is 17.7 Å². The number of aromatic amines is 1. The Bertz CT molecular complexity index is 1520. The Labute approximate surface area is 223 Å². The SMILES string of the molecule is C[C@H]1CCCN(Cc2cc3c(C4CC4)cn(-c4cccc([C@H](c5nncn5C)C5CCC5)c4)c(=O)c3[nH]2)C1. The van der Waals surface area contributed by atoms with Crippen LogP contribution in [-0.4, -0.2) is 42.3 Å². The molecule has 7 rings (SSSR count). The molecule has 3 fully saturated rings. The van der Waals surface area contributed by atoms with E-state index in [2.05, 4.69) is 63.5 Å². The van der Waals surface area contributed by atoms with Gasteiger partial charge >= 0.3 is 0 Å². The number of hydrogen-bond donors (Lipinski definition) is 1. The van der Waals surface area contributed by atoms with E-state index in [-0.39, 0.29) is 11.5 Å². The zero-order chi connectivity index (χ0) is 25.8. The third kappa shape index (κ3) is 4.31. The second kappa shape index (κ2) is 9.53. The molecule has 1 aliphatic heterocycles. The fourth-order valence-corrected chi connectivity index (χ4v) is 6.81. The highest BCUT2D eigenvalue weighted by Gasteiger charge is 2.33. The molecule has 4 aromatic rings. The van der Waals surface area contributed by atoms with Crippen LogP contribution in [0.15, 0.2) is 47.7 Å². The van der Waals surface area contributed by atoms with E-state index in [4.69, 9.17) is 0 Å². The van der Waals surface area contributed by atoms with Gasteiger partial charge in [0.05, 0.1) is 0 Å².